The SMILES string of the molecule is CC(C)C(=O)OCOC(=O)NCCCO[PH](C)=O. The number of hydrogen-bond donors (Lipinski definition) is 1. The summed E-state index contributed by atoms with van der Waals surface area (Å²) in [5.74, 6) is -0.685. The summed E-state index contributed by atoms with van der Waals surface area (Å²) in [6.07, 6.45) is -0.138. The third kappa shape index (κ3) is 10.1. The molecule has 1 atom stereocenters. The van der Waals surface area contributed by atoms with Gasteiger partial charge < -0.3 is 19.3 Å². The van der Waals surface area contributed by atoms with Crippen molar-refractivity contribution in [3.05, 3.63) is 0 Å². The minimum atomic E-state index is -1.92. The van der Waals surface area contributed by atoms with Gasteiger partial charge in [-0.3, -0.25) is 9.36 Å². The van der Waals surface area contributed by atoms with Crippen molar-refractivity contribution in [1.29, 1.82) is 0 Å². The highest BCUT2D eigenvalue weighted by Gasteiger charge is 2.09. The van der Waals surface area contributed by atoms with Crippen molar-refractivity contribution in [2.24, 2.45) is 5.92 Å². The Balaban J connectivity index is 3.43. The lowest BCUT2D eigenvalue weighted by atomic mass is 10.2. The second-order valence-electron chi connectivity index (χ2n) is 3.79. The van der Waals surface area contributed by atoms with Crippen LogP contribution in [0.2, 0.25) is 0 Å². The van der Waals surface area contributed by atoms with Crippen molar-refractivity contribution in [3.63, 3.8) is 0 Å². The molecule has 0 bridgehead atoms. The number of carbonyl (C=O) groups excluding carboxylic acids is 2. The van der Waals surface area contributed by atoms with E-state index in [2.05, 4.69) is 14.8 Å². The number of esters is 1. The summed E-state index contributed by atoms with van der Waals surface area (Å²) in [5, 5.41) is 2.44. The molecule has 0 aromatic heterocycles. The predicted octanol–water partition coefficient (Wildman–Crippen LogP) is 1.38. The van der Waals surface area contributed by atoms with Crippen molar-refractivity contribution in [2.75, 3.05) is 26.6 Å². The molecular formula is C10H20NO6P. The summed E-state index contributed by atoms with van der Waals surface area (Å²) < 4.78 is 24.7. The van der Waals surface area contributed by atoms with Crippen LogP contribution >= 0.6 is 8.03 Å². The van der Waals surface area contributed by atoms with Gasteiger partial charge in [0.15, 0.2) is 8.03 Å². The topological polar surface area (TPSA) is 90.9 Å². The Morgan fingerprint density at radius 1 is 1.28 bits per heavy atom. The van der Waals surface area contributed by atoms with Gasteiger partial charge in [0, 0.05) is 13.2 Å². The van der Waals surface area contributed by atoms with Gasteiger partial charge in [0.25, 0.3) is 0 Å². The molecule has 0 aromatic carbocycles. The largest absolute Gasteiger partial charge is 0.428 e. The first-order chi connectivity index (χ1) is 8.43. The lowest BCUT2D eigenvalue weighted by Gasteiger charge is -2.08. The van der Waals surface area contributed by atoms with Crippen molar-refractivity contribution < 1.29 is 28.2 Å². The Morgan fingerprint density at radius 2 is 1.94 bits per heavy atom. The number of amides is 1. The first-order valence-electron chi connectivity index (χ1n) is 5.64. The van der Waals surface area contributed by atoms with E-state index in [1.165, 1.54) is 6.66 Å². The van der Waals surface area contributed by atoms with Crippen molar-refractivity contribution in [1.82, 2.24) is 5.32 Å². The van der Waals surface area contributed by atoms with Crippen LogP contribution in [0.3, 0.4) is 0 Å². The monoisotopic (exact) mass is 281 g/mol. The van der Waals surface area contributed by atoms with Crippen LogP contribution in [0.4, 0.5) is 4.79 Å². The highest BCUT2D eigenvalue weighted by molar-refractivity contribution is 7.38. The zero-order chi connectivity index (χ0) is 14.0. The minimum absolute atomic E-state index is 0.258. The van der Waals surface area contributed by atoms with Crippen molar-refractivity contribution in [3.8, 4) is 0 Å². The maximum absolute atomic E-state index is 11.1. The molecule has 0 fully saturated rings. The van der Waals surface area contributed by atoms with Crippen molar-refractivity contribution >= 4 is 20.1 Å². The van der Waals surface area contributed by atoms with Gasteiger partial charge >= 0.3 is 12.1 Å². The van der Waals surface area contributed by atoms with Crippen LogP contribution in [-0.4, -0.2) is 38.7 Å². The van der Waals surface area contributed by atoms with E-state index in [0.29, 0.717) is 19.6 Å². The second-order valence-corrected chi connectivity index (χ2v) is 5.06. The molecule has 0 saturated heterocycles. The van der Waals surface area contributed by atoms with Gasteiger partial charge in [0.1, 0.15) is 0 Å². The highest BCUT2D eigenvalue weighted by Crippen LogP contribution is 2.14. The van der Waals surface area contributed by atoms with E-state index in [0.717, 1.165) is 0 Å². The summed E-state index contributed by atoms with van der Waals surface area (Å²) in [4.78, 5) is 22.1. The number of alkyl carbamates (subject to hydrolysis) is 1. The smallest absolute Gasteiger partial charge is 0.410 e. The van der Waals surface area contributed by atoms with Crippen LogP contribution in [0.5, 0.6) is 0 Å². The summed E-state index contributed by atoms with van der Waals surface area (Å²) in [5.41, 5.74) is 0. The second kappa shape index (κ2) is 9.91. The molecule has 0 aliphatic carbocycles. The number of carbonyl (C=O) groups is 2. The standard InChI is InChI=1S/C10H20NO6P/c1-8(2)9(12)15-7-16-10(13)11-5-4-6-17-18(3)14/h8,18H,4-7H2,1-3H3,(H,11,13). The van der Waals surface area contributed by atoms with E-state index in [9.17, 15) is 14.2 Å². The molecule has 0 aromatic rings. The predicted molar refractivity (Wildman–Crippen MR) is 65.8 cm³/mol. The minimum Gasteiger partial charge on any atom is -0.428 e. The van der Waals surface area contributed by atoms with Crippen LogP contribution in [0.25, 0.3) is 0 Å². The van der Waals surface area contributed by atoms with Gasteiger partial charge in [-0.15, -0.1) is 0 Å². The fourth-order valence-electron chi connectivity index (χ4n) is 0.837. The highest BCUT2D eigenvalue weighted by atomic mass is 31.1. The van der Waals surface area contributed by atoms with Gasteiger partial charge in [-0.25, -0.2) is 4.79 Å². The Labute approximate surface area is 107 Å². The van der Waals surface area contributed by atoms with Crippen molar-refractivity contribution in [2.45, 2.75) is 20.3 Å². The molecule has 0 aliphatic heterocycles. The molecular weight excluding hydrogens is 261 g/mol. The summed E-state index contributed by atoms with van der Waals surface area (Å²) in [6.45, 7) is 5.12. The van der Waals surface area contributed by atoms with Gasteiger partial charge in [0.2, 0.25) is 6.79 Å². The number of rotatable bonds is 8. The quantitative estimate of drug-likeness (QED) is 0.313. The molecule has 8 heteroatoms. The Morgan fingerprint density at radius 3 is 2.50 bits per heavy atom. The van der Waals surface area contributed by atoms with Crippen LogP contribution < -0.4 is 5.32 Å². The normalized spacial score (nSPS) is 12.0. The molecule has 0 spiro atoms. The molecule has 0 aliphatic rings. The Hall–Kier alpha value is -1.07. The van der Waals surface area contributed by atoms with E-state index in [-0.39, 0.29) is 5.92 Å². The zero-order valence-electron chi connectivity index (χ0n) is 10.9. The number of nitrogens with one attached hydrogen (secondary N) is 1. The molecule has 1 amide bonds. The van der Waals surface area contributed by atoms with Gasteiger partial charge in [-0.1, -0.05) is 13.8 Å². The molecule has 0 saturated carbocycles. The maximum Gasteiger partial charge on any atom is 0.410 e. The molecule has 7 nitrogen and oxygen atoms in total. The number of hydrogen-bond acceptors (Lipinski definition) is 6. The first-order valence-corrected chi connectivity index (χ1v) is 7.45. The van der Waals surface area contributed by atoms with E-state index in [1.807, 2.05) is 0 Å². The average Bonchev–Trinajstić information content (AvgIpc) is 2.27. The summed E-state index contributed by atoms with van der Waals surface area (Å²) in [6, 6.07) is 0. The van der Waals surface area contributed by atoms with E-state index in [1.54, 1.807) is 13.8 Å². The molecule has 0 rings (SSSR count). The van der Waals surface area contributed by atoms with Crippen LogP contribution in [0.15, 0.2) is 0 Å². The van der Waals surface area contributed by atoms with Gasteiger partial charge in [0.05, 0.1) is 12.5 Å². The van der Waals surface area contributed by atoms with Crippen LogP contribution in [0.1, 0.15) is 20.3 Å². The molecule has 0 radical (unpaired) electrons. The van der Waals surface area contributed by atoms with E-state index in [4.69, 9.17) is 4.52 Å². The maximum atomic E-state index is 11.1. The zero-order valence-corrected chi connectivity index (χ0v) is 11.9. The molecule has 106 valence electrons. The lowest BCUT2D eigenvalue weighted by Crippen LogP contribution is -2.27. The number of ether oxygens (including phenoxy) is 2. The van der Waals surface area contributed by atoms with Crippen LogP contribution in [0, 0.1) is 5.92 Å². The van der Waals surface area contributed by atoms with E-state index >= 15 is 0 Å². The van der Waals surface area contributed by atoms with E-state index < -0.39 is 26.9 Å². The molecule has 1 N–H and O–H groups in total. The lowest BCUT2D eigenvalue weighted by molar-refractivity contribution is -0.155. The van der Waals surface area contributed by atoms with Gasteiger partial charge in [-0.05, 0) is 6.42 Å². The molecule has 1 unspecified atom stereocenters. The Kier molecular flexibility index (Phi) is 9.32. The average molecular weight is 281 g/mol. The molecule has 0 heterocycles. The Bertz CT molecular complexity index is 294. The third-order valence-electron chi connectivity index (χ3n) is 1.76. The first kappa shape index (κ1) is 16.9. The van der Waals surface area contributed by atoms with Crippen LogP contribution in [-0.2, 0) is 23.4 Å². The molecule has 18 heavy (non-hydrogen) atoms. The fourth-order valence-corrected chi connectivity index (χ4v) is 1.27. The fraction of sp³-hybridized carbons (Fsp3) is 0.800. The summed E-state index contributed by atoms with van der Waals surface area (Å²) >= 11 is 0. The third-order valence-corrected chi connectivity index (χ3v) is 2.37. The summed E-state index contributed by atoms with van der Waals surface area (Å²) in [7, 11) is -1.92. The van der Waals surface area contributed by atoms with Gasteiger partial charge in [-0.2, -0.15) is 0 Å².